The fourth-order valence-corrected chi connectivity index (χ4v) is 1.83. The molecule has 0 aliphatic heterocycles. The molecule has 0 saturated heterocycles. The number of hydrogen-bond acceptors (Lipinski definition) is 2. The monoisotopic (exact) mass is 459 g/mol. The molecule has 0 fully saturated rings. The van der Waals surface area contributed by atoms with E-state index in [1.165, 1.54) is 6.07 Å². The van der Waals surface area contributed by atoms with E-state index in [1.807, 2.05) is 6.92 Å². The second kappa shape index (κ2) is 11.3. The average Bonchev–Trinajstić information content (AvgIpc) is 2.39. The molecular formula is C13H20BrFIN3O. The molecule has 114 valence electrons. The lowest BCUT2D eigenvalue weighted by molar-refractivity contribution is 0.145. The van der Waals surface area contributed by atoms with Crippen molar-refractivity contribution in [2.24, 2.45) is 10.7 Å². The smallest absolute Gasteiger partial charge is 0.188 e. The highest BCUT2D eigenvalue weighted by Gasteiger charge is 2.02. The van der Waals surface area contributed by atoms with E-state index in [2.05, 4.69) is 26.2 Å². The van der Waals surface area contributed by atoms with Crippen LogP contribution in [0.5, 0.6) is 0 Å². The van der Waals surface area contributed by atoms with Gasteiger partial charge in [0.05, 0.1) is 6.54 Å². The minimum atomic E-state index is -0.281. The first-order chi connectivity index (χ1) is 9.13. The Bertz CT molecular complexity index is 432. The lowest BCUT2D eigenvalue weighted by Gasteiger charge is -2.06. The van der Waals surface area contributed by atoms with E-state index >= 15 is 0 Å². The van der Waals surface area contributed by atoms with Crippen LogP contribution in [0, 0.1) is 5.82 Å². The van der Waals surface area contributed by atoms with E-state index in [0.29, 0.717) is 31.3 Å². The Morgan fingerprint density at radius 1 is 1.50 bits per heavy atom. The Morgan fingerprint density at radius 2 is 2.25 bits per heavy atom. The summed E-state index contributed by atoms with van der Waals surface area (Å²) in [5.74, 6) is 0.0342. The summed E-state index contributed by atoms with van der Waals surface area (Å²) in [5, 5.41) is 2.96. The molecule has 0 aliphatic rings. The summed E-state index contributed by atoms with van der Waals surface area (Å²) in [6.45, 7) is 4.27. The van der Waals surface area contributed by atoms with Gasteiger partial charge >= 0.3 is 0 Å². The number of nitrogens with one attached hydrogen (secondary N) is 1. The zero-order chi connectivity index (χ0) is 14.1. The molecule has 4 nitrogen and oxygen atoms in total. The fourth-order valence-electron chi connectivity index (χ4n) is 1.43. The maximum atomic E-state index is 13.4. The number of aliphatic imine (C=N–C) groups is 1. The van der Waals surface area contributed by atoms with E-state index < -0.39 is 0 Å². The molecule has 20 heavy (non-hydrogen) atoms. The number of nitrogens with two attached hydrogens (primary N) is 1. The van der Waals surface area contributed by atoms with Crippen LogP contribution in [0.1, 0.15) is 18.9 Å². The Kier molecular flexibility index (Phi) is 11.0. The van der Waals surface area contributed by atoms with Crippen LogP contribution in [-0.2, 0) is 11.3 Å². The lowest BCUT2D eigenvalue weighted by Crippen LogP contribution is -2.32. The minimum absolute atomic E-state index is 0. The molecule has 1 aromatic carbocycles. The molecule has 0 aromatic heterocycles. The summed E-state index contributed by atoms with van der Waals surface area (Å²) >= 11 is 3.29. The number of rotatable bonds is 7. The number of nitrogens with zero attached hydrogens (tertiary/aromatic N) is 1. The van der Waals surface area contributed by atoms with Crippen LogP contribution in [-0.4, -0.2) is 25.7 Å². The van der Waals surface area contributed by atoms with E-state index in [-0.39, 0.29) is 36.3 Å². The third-order valence-electron chi connectivity index (χ3n) is 2.40. The first kappa shape index (κ1) is 19.6. The van der Waals surface area contributed by atoms with Crippen molar-refractivity contribution in [2.45, 2.75) is 19.9 Å². The van der Waals surface area contributed by atoms with Gasteiger partial charge in [-0.15, -0.1) is 24.0 Å². The molecule has 7 heteroatoms. The highest BCUT2D eigenvalue weighted by molar-refractivity contribution is 14.0. The Labute approximate surface area is 144 Å². The number of hydrogen-bond donors (Lipinski definition) is 2. The second-order valence-electron chi connectivity index (χ2n) is 3.91. The SMILES string of the molecule is CCOCCCNC(N)=NCc1cc(Br)ccc1F.I. The standard InChI is InChI=1S/C13H19BrFN3O.HI/c1-2-19-7-3-6-17-13(16)18-9-10-8-11(14)4-5-12(10)15;/h4-5,8H,2-3,6-7,9H2,1H3,(H3,16,17,18);1H. The fraction of sp³-hybridized carbons (Fsp3) is 0.462. The van der Waals surface area contributed by atoms with Gasteiger partial charge in [-0.25, -0.2) is 9.38 Å². The Balaban J connectivity index is 0.00000361. The van der Waals surface area contributed by atoms with Gasteiger partial charge in [-0.05, 0) is 31.5 Å². The molecule has 0 saturated carbocycles. The van der Waals surface area contributed by atoms with E-state index in [0.717, 1.165) is 10.9 Å². The van der Waals surface area contributed by atoms with Gasteiger partial charge in [0.1, 0.15) is 5.82 Å². The molecule has 1 aromatic rings. The number of halogens is 3. The van der Waals surface area contributed by atoms with Crippen LogP contribution in [0.15, 0.2) is 27.7 Å². The summed E-state index contributed by atoms with van der Waals surface area (Å²) < 4.78 is 19.5. The molecule has 0 unspecified atom stereocenters. The summed E-state index contributed by atoms with van der Waals surface area (Å²) in [4.78, 5) is 4.10. The molecule has 0 spiro atoms. The third-order valence-corrected chi connectivity index (χ3v) is 2.90. The molecule has 0 aliphatic carbocycles. The lowest BCUT2D eigenvalue weighted by atomic mass is 10.2. The van der Waals surface area contributed by atoms with Crippen molar-refractivity contribution < 1.29 is 9.13 Å². The van der Waals surface area contributed by atoms with Crippen LogP contribution >= 0.6 is 39.9 Å². The average molecular weight is 460 g/mol. The largest absolute Gasteiger partial charge is 0.382 e. The van der Waals surface area contributed by atoms with Crippen molar-refractivity contribution in [3.8, 4) is 0 Å². The first-order valence-electron chi connectivity index (χ1n) is 6.19. The predicted molar refractivity (Wildman–Crippen MR) is 94.0 cm³/mol. The zero-order valence-corrected chi connectivity index (χ0v) is 15.3. The van der Waals surface area contributed by atoms with Gasteiger partial charge < -0.3 is 15.8 Å². The zero-order valence-electron chi connectivity index (χ0n) is 11.4. The highest BCUT2D eigenvalue weighted by Crippen LogP contribution is 2.16. The van der Waals surface area contributed by atoms with Crippen molar-refractivity contribution in [3.05, 3.63) is 34.1 Å². The van der Waals surface area contributed by atoms with E-state index in [4.69, 9.17) is 10.5 Å². The molecule has 0 amide bonds. The first-order valence-corrected chi connectivity index (χ1v) is 6.98. The Morgan fingerprint density at radius 3 is 2.95 bits per heavy atom. The van der Waals surface area contributed by atoms with Crippen LogP contribution in [0.3, 0.4) is 0 Å². The van der Waals surface area contributed by atoms with Gasteiger partial charge in [-0.2, -0.15) is 0 Å². The quantitative estimate of drug-likeness (QED) is 0.285. The highest BCUT2D eigenvalue weighted by atomic mass is 127. The van der Waals surface area contributed by atoms with Crippen LogP contribution in [0.2, 0.25) is 0 Å². The van der Waals surface area contributed by atoms with Gasteiger partial charge in [-0.3, -0.25) is 0 Å². The summed E-state index contributed by atoms with van der Waals surface area (Å²) in [7, 11) is 0. The van der Waals surface area contributed by atoms with Crippen molar-refractivity contribution in [1.29, 1.82) is 0 Å². The topological polar surface area (TPSA) is 59.6 Å². The van der Waals surface area contributed by atoms with Gasteiger partial charge in [0.2, 0.25) is 0 Å². The molecular weight excluding hydrogens is 440 g/mol. The summed E-state index contributed by atoms with van der Waals surface area (Å²) in [6, 6.07) is 4.75. The molecule has 0 radical (unpaired) electrons. The van der Waals surface area contributed by atoms with E-state index in [1.54, 1.807) is 12.1 Å². The van der Waals surface area contributed by atoms with Gasteiger partial charge in [0.15, 0.2) is 5.96 Å². The second-order valence-corrected chi connectivity index (χ2v) is 4.83. The molecule has 0 bridgehead atoms. The Hall–Kier alpha value is -0.410. The number of benzene rings is 1. The minimum Gasteiger partial charge on any atom is -0.382 e. The molecule has 3 N–H and O–H groups in total. The van der Waals surface area contributed by atoms with Crippen molar-refractivity contribution in [3.63, 3.8) is 0 Å². The predicted octanol–water partition coefficient (Wildman–Crippen LogP) is 3.04. The number of guanidine groups is 1. The van der Waals surface area contributed by atoms with Crippen LogP contribution in [0.4, 0.5) is 4.39 Å². The van der Waals surface area contributed by atoms with Crippen molar-refractivity contribution in [2.75, 3.05) is 19.8 Å². The number of ether oxygens (including phenoxy) is 1. The molecule has 0 atom stereocenters. The normalized spacial score (nSPS) is 11.1. The van der Waals surface area contributed by atoms with Gasteiger partial charge in [0, 0.05) is 29.8 Å². The van der Waals surface area contributed by atoms with E-state index in [9.17, 15) is 4.39 Å². The molecule has 1 rings (SSSR count). The summed E-state index contributed by atoms with van der Waals surface area (Å²) in [6.07, 6.45) is 0.856. The van der Waals surface area contributed by atoms with Gasteiger partial charge in [-0.1, -0.05) is 15.9 Å². The van der Waals surface area contributed by atoms with Crippen LogP contribution < -0.4 is 11.1 Å². The van der Waals surface area contributed by atoms with Crippen LogP contribution in [0.25, 0.3) is 0 Å². The van der Waals surface area contributed by atoms with Crippen molar-refractivity contribution >= 4 is 45.9 Å². The summed E-state index contributed by atoms with van der Waals surface area (Å²) in [5.41, 5.74) is 6.20. The van der Waals surface area contributed by atoms with Gasteiger partial charge in [0.25, 0.3) is 0 Å². The maximum absolute atomic E-state index is 13.4. The van der Waals surface area contributed by atoms with Crippen molar-refractivity contribution in [1.82, 2.24) is 5.32 Å². The molecule has 0 heterocycles. The third kappa shape index (κ3) is 8.01. The maximum Gasteiger partial charge on any atom is 0.188 e.